The van der Waals surface area contributed by atoms with Gasteiger partial charge in [0.2, 0.25) is 5.12 Å². The molecule has 1 N–H and O–H groups in total. The van der Waals surface area contributed by atoms with E-state index in [4.69, 9.17) is 5.11 Å². The maximum Gasteiger partial charge on any atom is 0.212 e. The first-order chi connectivity index (χ1) is 6.83. The molecule has 0 aliphatic heterocycles. The minimum Gasteiger partial charge on any atom is -0.392 e. The number of aliphatic hydroxyl groups is 1. The van der Waals surface area contributed by atoms with Crippen LogP contribution in [0.2, 0.25) is 0 Å². The Labute approximate surface area is 87.6 Å². The van der Waals surface area contributed by atoms with Gasteiger partial charge in [0.1, 0.15) is 0 Å². The summed E-state index contributed by atoms with van der Waals surface area (Å²) in [4.78, 5) is 11.1. The van der Waals surface area contributed by atoms with Gasteiger partial charge in [-0.05, 0) is 11.6 Å². The average molecular weight is 208 g/mol. The van der Waals surface area contributed by atoms with Crippen molar-refractivity contribution in [2.24, 2.45) is 0 Å². The lowest BCUT2D eigenvalue weighted by Gasteiger charge is -1.96. The zero-order valence-electron chi connectivity index (χ0n) is 7.72. The summed E-state index contributed by atoms with van der Waals surface area (Å²) in [5.41, 5.74) is 1.13. The van der Waals surface area contributed by atoms with Crippen molar-refractivity contribution < 1.29 is 9.90 Å². The molecule has 1 aromatic rings. The molecule has 0 radical (unpaired) electrons. The van der Waals surface area contributed by atoms with Crippen molar-refractivity contribution in [1.82, 2.24) is 0 Å². The van der Waals surface area contributed by atoms with Crippen molar-refractivity contribution in [2.75, 3.05) is 6.61 Å². The zero-order chi connectivity index (χ0) is 10.2. The summed E-state index contributed by atoms with van der Waals surface area (Å²) >= 11 is 1.23. The normalized spacial score (nSPS) is 10.6. The lowest BCUT2D eigenvalue weighted by Crippen LogP contribution is -1.88. The second-order valence-corrected chi connectivity index (χ2v) is 3.66. The molecule has 0 saturated carbocycles. The Balaban J connectivity index is 2.34. The highest BCUT2D eigenvalue weighted by atomic mass is 32.2. The van der Waals surface area contributed by atoms with E-state index in [1.54, 1.807) is 0 Å². The molecule has 0 fully saturated rings. The molecule has 0 aliphatic rings. The smallest absolute Gasteiger partial charge is 0.212 e. The number of hydrogen-bond acceptors (Lipinski definition) is 3. The number of rotatable bonds is 4. The zero-order valence-corrected chi connectivity index (χ0v) is 8.54. The van der Waals surface area contributed by atoms with E-state index >= 15 is 0 Å². The number of carbonyl (C=O) groups is 1. The van der Waals surface area contributed by atoms with Crippen LogP contribution in [0.25, 0.3) is 0 Å². The summed E-state index contributed by atoms with van der Waals surface area (Å²) < 4.78 is 0. The predicted octanol–water partition coefficient (Wildman–Crippen LogP) is 1.99. The molecule has 1 aromatic carbocycles. The Kier molecular flexibility index (Phi) is 5.04. The summed E-state index contributed by atoms with van der Waals surface area (Å²) in [5, 5.41) is 8.43. The van der Waals surface area contributed by atoms with Crippen molar-refractivity contribution in [3.05, 3.63) is 48.0 Å². The summed E-state index contributed by atoms with van der Waals surface area (Å²) in [6, 6.07) is 9.81. The van der Waals surface area contributed by atoms with Crippen LogP contribution in [0.1, 0.15) is 5.56 Å². The summed E-state index contributed by atoms with van der Waals surface area (Å²) in [6.45, 7) is -0.0857. The van der Waals surface area contributed by atoms with Crippen LogP contribution in [0.5, 0.6) is 0 Å². The van der Waals surface area contributed by atoms with Crippen LogP contribution in [-0.4, -0.2) is 16.8 Å². The molecule has 14 heavy (non-hydrogen) atoms. The molecular weight excluding hydrogens is 196 g/mol. The van der Waals surface area contributed by atoms with E-state index in [0.29, 0.717) is 5.75 Å². The Bertz CT molecular complexity index is 306. The number of benzene rings is 1. The summed E-state index contributed by atoms with van der Waals surface area (Å²) in [5.74, 6) is 0.676. The Hall–Kier alpha value is -1.06. The van der Waals surface area contributed by atoms with Crippen LogP contribution >= 0.6 is 11.8 Å². The molecule has 0 bridgehead atoms. The first-order valence-electron chi connectivity index (χ1n) is 4.31. The molecule has 2 nitrogen and oxygen atoms in total. The molecule has 3 heteroatoms. The minimum atomic E-state index is -0.0857. The predicted molar refractivity (Wildman–Crippen MR) is 59.0 cm³/mol. The number of carbonyl (C=O) groups excluding carboxylic acids is 1. The van der Waals surface area contributed by atoms with Crippen LogP contribution in [-0.2, 0) is 10.5 Å². The maximum atomic E-state index is 11.1. The standard InChI is InChI=1S/C11H12O2S/c12-8-4-7-11(13)14-9-10-5-2-1-3-6-10/h1-7,12H,8-9H2/b7-4+. The molecule has 0 amide bonds. The third-order valence-electron chi connectivity index (χ3n) is 1.58. The third-order valence-corrected chi connectivity index (χ3v) is 2.48. The fraction of sp³-hybridized carbons (Fsp3) is 0.182. The van der Waals surface area contributed by atoms with E-state index in [1.165, 1.54) is 23.9 Å². The van der Waals surface area contributed by atoms with E-state index in [9.17, 15) is 4.79 Å². The van der Waals surface area contributed by atoms with Crippen LogP contribution in [0.15, 0.2) is 42.5 Å². The van der Waals surface area contributed by atoms with Gasteiger partial charge in [0.25, 0.3) is 0 Å². The van der Waals surface area contributed by atoms with Crippen molar-refractivity contribution in [1.29, 1.82) is 0 Å². The molecule has 0 heterocycles. The van der Waals surface area contributed by atoms with Gasteiger partial charge in [-0.25, -0.2) is 0 Å². The van der Waals surface area contributed by atoms with Crippen LogP contribution in [0, 0.1) is 0 Å². The van der Waals surface area contributed by atoms with Crippen LogP contribution in [0.4, 0.5) is 0 Å². The monoisotopic (exact) mass is 208 g/mol. The van der Waals surface area contributed by atoms with E-state index in [0.717, 1.165) is 5.56 Å². The minimum absolute atomic E-state index is 0.0251. The quantitative estimate of drug-likeness (QED) is 0.769. The van der Waals surface area contributed by atoms with Gasteiger partial charge in [0, 0.05) is 5.75 Å². The van der Waals surface area contributed by atoms with Gasteiger partial charge in [-0.3, -0.25) is 4.79 Å². The van der Waals surface area contributed by atoms with Gasteiger partial charge < -0.3 is 5.11 Å². The van der Waals surface area contributed by atoms with E-state index in [1.807, 2.05) is 30.3 Å². The van der Waals surface area contributed by atoms with E-state index < -0.39 is 0 Å². The topological polar surface area (TPSA) is 37.3 Å². The van der Waals surface area contributed by atoms with Crippen molar-refractivity contribution in [3.63, 3.8) is 0 Å². The molecule has 0 atom stereocenters. The highest BCUT2D eigenvalue weighted by Gasteiger charge is 1.97. The molecule has 1 rings (SSSR count). The van der Waals surface area contributed by atoms with Gasteiger partial charge in [0.05, 0.1) is 6.61 Å². The third kappa shape index (κ3) is 4.25. The molecule has 0 spiro atoms. The van der Waals surface area contributed by atoms with Gasteiger partial charge in [-0.2, -0.15) is 0 Å². The van der Waals surface area contributed by atoms with Crippen LogP contribution < -0.4 is 0 Å². The molecular formula is C11H12O2S. The number of aliphatic hydroxyl groups excluding tert-OH is 1. The highest BCUT2D eigenvalue weighted by Crippen LogP contribution is 2.12. The number of thioether (sulfide) groups is 1. The second kappa shape index (κ2) is 6.40. The molecule has 0 aromatic heterocycles. The maximum absolute atomic E-state index is 11.1. The summed E-state index contributed by atoms with van der Waals surface area (Å²) in [6.07, 6.45) is 2.84. The number of hydrogen-bond donors (Lipinski definition) is 1. The Morgan fingerprint density at radius 2 is 2.07 bits per heavy atom. The van der Waals surface area contributed by atoms with Gasteiger partial charge in [0.15, 0.2) is 0 Å². The lowest BCUT2D eigenvalue weighted by molar-refractivity contribution is -0.107. The SMILES string of the molecule is O=C(/C=C/CO)SCc1ccccc1. The van der Waals surface area contributed by atoms with Crippen molar-refractivity contribution in [2.45, 2.75) is 5.75 Å². The van der Waals surface area contributed by atoms with Gasteiger partial charge >= 0.3 is 0 Å². The van der Waals surface area contributed by atoms with Gasteiger partial charge in [-0.1, -0.05) is 48.2 Å². The highest BCUT2D eigenvalue weighted by molar-refractivity contribution is 8.13. The van der Waals surface area contributed by atoms with Gasteiger partial charge in [-0.15, -0.1) is 0 Å². The van der Waals surface area contributed by atoms with Crippen LogP contribution in [0.3, 0.4) is 0 Å². The second-order valence-electron chi connectivity index (χ2n) is 2.68. The molecule has 74 valence electrons. The fourth-order valence-corrected chi connectivity index (χ4v) is 1.62. The average Bonchev–Trinajstić information content (AvgIpc) is 2.25. The lowest BCUT2D eigenvalue weighted by atomic mass is 10.2. The fourth-order valence-electron chi connectivity index (χ4n) is 0.926. The largest absolute Gasteiger partial charge is 0.392 e. The molecule has 0 aliphatic carbocycles. The Morgan fingerprint density at radius 3 is 2.71 bits per heavy atom. The van der Waals surface area contributed by atoms with E-state index in [2.05, 4.69) is 0 Å². The first kappa shape index (κ1) is 11.0. The van der Waals surface area contributed by atoms with E-state index in [-0.39, 0.29) is 11.7 Å². The summed E-state index contributed by atoms with van der Waals surface area (Å²) in [7, 11) is 0. The first-order valence-corrected chi connectivity index (χ1v) is 5.29. The molecule has 0 saturated heterocycles. The van der Waals surface area contributed by atoms with Crippen molar-refractivity contribution in [3.8, 4) is 0 Å². The Morgan fingerprint density at radius 1 is 1.36 bits per heavy atom. The van der Waals surface area contributed by atoms with Crippen molar-refractivity contribution >= 4 is 16.9 Å². The molecule has 0 unspecified atom stereocenters.